The van der Waals surface area contributed by atoms with Crippen molar-refractivity contribution in [3.05, 3.63) is 132 Å². The van der Waals surface area contributed by atoms with Gasteiger partial charge in [0.05, 0.1) is 23.9 Å². The lowest BCUT2D eigenvalue weighted by Crippen LogP contribution is -2.11. The molecular formula is C30H19N3. The van der Waals surface area contributed by atoms with Crippen LogP contribution in [-0.4, -0.2) is 0 Å². The number of hydrogen-bond donors (Lipinski definition) is 0. The van der Waals surface area contributed by atoms with E-state index in [2.05, 4.69) is 58.3 Å². The van der Waals surface area contributed by atoms with Gasteiger partial charge in [0.1, 0.15) is 0 Å². The lowest BCUT2D eigenvalue weighted by atomic mass is 9.97. The summed E-state index contributed by atoms with van der Waals surface area (Å²) in [7, 11) is 0. The third-order valence-corrected chi connectivity index (χ3v) is 5.68. The van der Waals surface area contributed by atoms with E-state index in [0.717, 1.165) is 33.6 Å². The fraction of sp³-hybridized carbons (Fsp3) is 0. The van der Waals surface area contributed by atoms with E-state index in [0.29, 0.717) is 11.3 Å². The van der Waals surface area contributed by atoms with Crippen LogP contribution in [0.25, 0.3) is 26.7 Å². The third-order valence-electron chi connectivity index (χ3n) is 5.68. The molecule has 0 bridgehead atoms. The highest BCUT2D eigenvalue weighted by Crippen LogP contribution is 2.43. The molecule has 0 heterocycles. The standard InChI is InChI=1S/C30H19N3/c1-32-26-13-17-28(18-14-26)33(27-15-11-22(21-31)12-16-27)30-20-25-10-6-5-9-24(25)19-29(30)23-7-3-2-4-8-23/h2-20H. The summed E-state index contributed by atoms with van der Waals surface area (Å²) in [6.45, 7) is 7.31. The average Bonchev–Trinajstić information content (AvgIpc) is 2.90. The third kappa shape index (κ3) is 3.92. The van der Waals surface area contributed by atoms with Gasteiger partial charge in [0, 0.05) is 16.9 Å². The van der Waals surface area contributed by atoms with Gasteiger partial charge in [-0.05, 0) is 64.9 Å². The van der Waals surface area contributed by atoms with Gasteiger partial charge in [-0.2, -0.15) is 5.26 Å². The predicted octanol–water partition coefficient (Wildman–Crippen LogP) is 8.40. The van der Waals surface area contributed by atoms with E-state index in [1.165, 1.54) is 5.39 Å². The Morgan fingerprint density at radius 3 is 1.85 bits per heavy atom. The quantitative estimate of drug-likeness (QED) is 0.273. The Morgan fingerprint density at radius 2 is 1.24 bits per heavy atom. The molecule has 0 aliphatic rings. The van der Waals surface area contributed by atoms with Crippen LogP contribution in [0.3, 0.4) is 0 Å². The first-order valence-electron chi connectivity index (χ1n) is 10.6. The molecule has 0 saturated heterocycles. The summed E-state index contributed by atoms with van der Waals surface area (Å²) in [5.74, 6) is 0. The van der Waals surface area contributed by atoms with Crippen LogP contribution in [0.5, 0.6) is 0 Å². The monoisotopic (exact) mass is 421 g/mol. The lowest BCUT2D eigenvalue weighted by molar-refractivity contribution is 1.29. The van der Waals surface area contributed by atoms with Crippen LogP contribution in [0.1, 0.15) is 5.56 Å². The summed E-state index contributed by atoms with van der Waals surface area (Å²) < 4.78 is 0. The Morgan fingerprint density at radius 1 is 0.667 bits per heavy atom. The molecule has 33 heavy (non-hydrogen) atoms. The van der Waals surface area contributed by atoms with Gasteiger partial charge in [0.25, 0.3) is 0 Å². The Kier molecular flexibility index (Phi) is 5.30. The number of nitriles is 1. The molecule has 0 amide bonds. The summed E-state index contributed by atoms with van der Waals surface area (Å²) in [5.41, 5.74) is 6.35. The van der Waals surface area contributed by atoms with Gasteiger partial charge in [-0.25, -0.2) is 4.85 Å². The van der Waals surface area contributed by atoms with E-state index in [1.807, 2.05) is 72.8 Å². The van der Waals surface area contributed by atoms with Gasteiger partial charge in [-0.1, -0.05) is 66.7 Å². The first kappa shape index (κ1) is 20.1. The van der Waals surface area contributed by atoms with Gasteiger partial charge >= 0.3 is 0 Å². The minimum Gasteiger partial charge on any atom is -0.310 e. The molecule has 0 radical (unpaired) electrons. The van der Waals surface area contributed by atoms with Crippen LogP contribution in [0.4, 0.5) is 22.7 Å². The molecule has 0 aliphatic carbocycles. The molecule has 0 fully saturated rings. The largest absolute Gasteiger partial charge is 0.310 e. The topological polar surface area (TPSA) is 31.4 Å². The molecular weight excluding hydrogens is 402 g/mol. The Balaban J connectivity index is 1.80. The zero-order valence-corrected chi connectivity index (χ0v) is 17.8. The smallest absolute Gasteiger partial charge is 0.187 e. The predicted molar refractivity (Wildman–Crippen MR) is 135 cm³/mol. The summed E-state index contributed by atoms with van der Waals surface area (Å²) >= 11 is 0. The van der Waals surface area contributed by atoms with Gasteiger partial charge < -0.3 is 4.90 Å². The first-order chi connectivity index (χ1) is 16.3. The van der Waals surface area contributed by atoms with E-state index in [9.17, 15) is 5.26 Å². The van der Waals surface area contributed by atoms with Crippen LogP contribution in [0, 0.1) is 17.9 Å². The molecule has 5 aromatic rings. The number of fused-ring (bicyclic) bond motifs is 1. The molecule has 154 valence electrons. The first-order valence-corrected chi connectivity index (χ1v) is 10.6. The molecule has 0 unspecified atom stereocenters. The number of anilines is 3. The maximum absolute atomic E-state index is 9.28. The molecule has 3 heteroatoms. The van der Waals surface area contributed by atoms with Crippen molar-refractivity contribution in [3.8, 4) is 17.2 Å². The molecule has 5 rings (SSSR count). The lowest BCUT2D eigenvalue weighted by Gasteiger charge is -2.28. The number of benzene rings is 5. The second kappa shape index (κ2) is 8.71. The Hall–Kier alpha value is -4.86. The zero-order valence-electron chi connectivity index (χ0n) is 17.8. The van der Waals surface area contributed by atoms with Crippen LogP contribution in [-0.2, 0) is 0 Å². The second-order valence-corrected chi connectivity index (χ2v) is 7.70. The summed E-state index contributed by atoms with van der Waals surface area (Å²) in [6.07, 6.45) is 0. The fourth-order valence-electron chi connectivity index (χ4n) is 4.05. The number of rotatable bonds is 4. The van der Waals surface area contributed by atoms with Crippen LogP contribution in [0.15, 0.2) is 115 Å². The van der Waals surface area contributed by atoms with E-state index >= 15 is 0 Å². The highest BCUT2D eigenvalue weighted by atomic mass is 15.1. The highest BCUT2D eigenvalue weighted by Gasteiger charge is 2.18. The van der Waals surface area contributed by atoms with Crippen molar-refractivity contribution >= 4 is 33.5 Å². The molecule has 0 aromatic heterocycles. The fourth-order valence-corrected chi connectivity index (χ4v) is 4.05. The molecule has 0 spiro atoms. The van der Waals surface area contributed by atoms with Crippen LogP contribution < -0.4 is 4.90 Å². The van der Waals surface area contributed by atoms with Crippen molar-refractivity contribution < 1.29 is 0 Å². The van der Waals surface area contributed by atoms with E-state index in [4.69, 9.17) is 6.57 Å². The van der Waals surface area contributed by atoms with E-state index < -0.39 is 0 Å². The SMILES string of the molecule is [C-]#[N+]c1ccc(N(c2ccc(C#N)cc2)c2cc3ccccc3cc2-c2ccccc2)cc1. The highest BCUT2D eigenvalue weighted by molar-refractivity contribution is 5.98. The number of nitrogens with zero attached hydrogens (tertiary/aromatic N) is 3. The molecule has 0 aliphatic heterocycles. The minimum absolute atomic E-state index is 0.598. The average molecular weight is 422 g/mol. The Bertz CT molecular complexity index is 1450. The van der Waals surface area contributed by atoms with E-state index in [-0.39, 0.29) is 0 Å². The molecule has 5 aromatic carbocycles. The van der Waals surface area contributed by atoms with Gasteiger partial charge in [-0.15, -0.1) is 0 Å². The van der Waals surface area contributed by atoms with Crippen molar-refractivity contribution in [2.24, 2.45) is 0 Å². The van der Waals surface area contributed by atoms with E-state index in [1.54, 1.807) is 0 Å². The molecule has 0 N–H and O–H groups in total. The van der Waals surface area contributed by atoms with Crippen molar-refractivity contribution in [1.29, 1.82) is 5.26 Å². The van der Waals surface area contributed by atoms with Gasteiger partial charge in [0.2, 0.25) is 0 Å². The molecule has 0 saturated carbocycles. The molecule has 3 nitrogen and oxygen atoms in total. The Labute approximate surface area is 193 Å². The normalized spacial score (nSPS) is 10.4. The number of hydrogen-bond acceptors (Lipinski definition) is 2. The van der Waals surface area contributed by atoms with Crippen molar-refractivity contribution in [1.82, 2.24) is 0 Å². The summed E-state index contributed by atoms with van der Waals surface area (Å²) in [4.78, 5) is 5.72. The maximum atomic E-state index is 9.28. The van der Waals surface area contributed by atoms with Crippen LogP contribution >= 0.6 is 0 Å². The summed E-state index contributed by atoms with van der Waals surface area (Å²) in [6, 6.07) is 40.5. The summed E-state index contributed by atoms with van der Waals surface area (Å²) in [5, 5.41) is 11.6. The molecule has 0 atom stereocenters. The van der Waals surface area contributed by atoms with Crippen molar-refractivity contribution in [3.63, 3.8) is 0 Å². The second-order valence-electron chi connectivity index (χ2n) is 7.70. The van der Waals surface area contributed by atoms with Crippen molar-refractivity contribution in [2.45, 2.75) is 0 Å². The maximum Gasteiger partial charge on any atom is 0.187 e. The van der Waals surface area contributed by atoms with Gasteiger partial charge in [0.15, 0.2) is 5.69 Å². The van der Waals surface area contributed by atoms with Crippen molar-refractivity contribution in [2.75, 3.05) is 4.90 Å². The minimum atomic E-state index is 0.598. The van der Waals surface area contributed by atoms with Crippen LogP contribution in [0.2, 0.25) is 0 Å². The van der Waals surface area contributed by atoms with Gasteiger partial charge in [-0.3, -0.25) is 0 Å². The zero-order chi connectivity index (χ0) is 22.6.